The summed E-state index contributed by atoms with van der Waals surface area (Å²) in [5.74, 6) is 0. The van der Waals surface area contributed by atoms with Crippen LogP contribution in [0.1, 0.15) is 32.0 Å². The topological polar surface area (TPSA) is 0 Å². The summed E-state index contributed by atoms with van der Waals surface area (Å²) in [6.07, 6.45) is 0. The molecular formula is C48H40S2Si2. The van der Waals surface area contributed by atoms with E-state index in [9.17, 15) is 0 Å². The van der Waals surface area contributed by atoms with Gasteiger partial charge in [-0.3, -0.25) is 0 Å². The van der Waals surface area contributed by atoms with Crippen molar-refractivity contribution in [1.29, 1.82) is 0 Å². The van der Waals surface area contributed by atoms with E-state index in [4.69, 9.17) is 0 Å². The second-order valence-corrected chi connectivity index (χ2v) is 25.1. The summed E-state index contributed by atoms with van der Waals surface area (Å²) >= 11 is 3.97. The van der Waals surface area contributed by atoms with Crippen LogP contribution in [0, 0.1) is 41.5 Å². The molecule has 0 amide bonds. The van der Waals surface area contributed by atoms with Crippen molar-refractivity contribution in [3.05, 3.63) is 165 Å². The van der Waals surface area contributed by atoms with Crippen molar-refractivity contribution in [3.63, 3.8) is 0 Å². The Morgan fingerprint density at radius 1 is 0.346 bits per heavy atom. The van der Waals surface area contributed by atoms with E-state index < -0.39 is 16.1 Å². The largest absolute Gasteiger partial charge is 0.182 e. The van der Waals surface area contributed by atoms with E-state index in [0.717, 1.165) is 0 Å². The molecule has 0 saturated heterocycles. The Morgan fingerprint density at radius 3 is 0.923 bits per heavy atom. The maximum Gasteiger partial charge on any atom is 0.182 e. The lowest BCUT2D eigenvalue weighted by molar-refractivity contribution is 1.48. The molecule has 0 bridgehead atoms. The standard InChI is InChI=1S/C48H40S2Si2/c1-29-7-15-35(16-8-29)51(36-17-9-30(2)10-18-36)43-27-33(5)49-45(43)41-25-24-40-39(47(41)51)23-26-42-46-44(28-34(6)50-46)52(48(40)42,37-19-11-31(3)12-20-37)38-21-13-32(4)14-22-38/h7-28H,1-6H3. The minimum absolute atomic E-state index is 1.31. The molecule has 0 saturated carbocycles. The molecule has 0 nitrogen and oxygen atoms in total. The lowest BCUT2D eigenvalue weighted by Gasteiger charge is -2.34. The van der Waals surface area contributed by atoms with Crippen LogP contribution in [-0.4, -0.2) is 16.1 Å². The van der Waals surface area contributed by atoms with Gasteiger partial charge < -0.3 is 0 Å². The number of thiophene rings is 2. The Bertz CT molecular complexity index is 2430. The first-order valence-corrected chi connectivity index (χ1v) is 24.0. The van der Waals surface area contributed by atoms with E-state index in [-0.39, 0.29) is 0 Å². The van der Waals surface area contributed by atoms with Crippen LogP contribution in [0.15, 0.2) is 133 Å². The zero-order valence-electron chi connectivity index (χ0n) is 30.5. The van der Waals surface area contributed by atoms with Crippen LogP contribution in [0.2, 0.25) is 0 Å². The molecule has 10 rings (SSSR count). The van der Waals surface area contributed by atoms with Gasteiger partial charge in [-0.05, 0) is 117 Å². The average Bonchev–Trinajstić information content (AvgIpc) is 3.86. The molecule has 8 aromatic rings. The van der Waals surface area contributed by atoms with Crippen LogP contribution < -0.4 is 41.5 Å². The van der Waals surface area contributed by atoms with Crippen molar-refractivity contribution < 1.29 is 0 Å². The Hall–Kier alpha value is -4.59. The highest BCUT2D eigenvalue weighted by Crippen LogP contribution is 2.41. The van der Waals surface area contributed by atoms with Gasteiger partial charge in [-0.25, -0.2) is 0 Å². The van der Waals surface area contributed by atoms with Crippen molar-refractivity contribution in [1.82, 2.24) is 0 Å². The van der Waals surface area contributed by atoms with E-state index >= 15 is 0 Å². The van der Waals surface area contributed by atoms with Crippen LogP contribution in [0.3, 0.4) is 0 Å². The fraction of sp³-hybridized carbons (Fsp3) is 0.125. The summed E-state index contributed by atoms with van der Waals surface area (Å²) in [6.45, 7) is 13.4. The van der Waals surface area contributed by atoms with Crippen molar-refractivity contribution >= 4 is 91.1 Å². The predicted octanol–water partition coefficient (Wildman–Crippen LogP) is 7.53. The average molecular weight is 737 g/mol. The first-order valence-electron chi connectivity index (χ1n) is 18.3. The van der Waals surface area contributed by atoms with Crippen LogP contribution in [0.25, 0.3) is 31.7 Å². The zero-order valence-corrected chi connectivity index (χ0v) is 34.2. The molecule has 0 spiro atoms. The van der Waals surface area contributed by atoms with Crippen LogP contribution in [0.5, 0.6) is 0 Å². The van der Waals surface area contributed by atoms with Gasteiger partial charge in [-0.15, -0.1) is 22.7 Å². The van der Waals surface area contributed by atoms with E-state index in [0.29, 0.717) is 0 Å². The van der Waals surface area contributed by atoms with Gasteiger partial charge in [-0.1, -0.05) is 144 Å². The van der Waals surface area contributed by atoms with Gasteiger partial charge in [0.15, 0.2) is 16.1 Å². The van der Waals surface area contributed by atoms with Gasteiger partial charge in [0.2, 0.25) is 0 Å². The third-order valence-electron chi connectivity index (χ3n) is 11.9. The number of hydrogen-bond acceptors (Lipinski definition) is 2. The van der Waals surface area contributed by atoms with Gasteiger partial charge in [-0.2, -0.15) is 0 Å². The SMILES string of the molecule is Cc1ccc([Si]2(c3ccc(C)cc3)c3cc(C)sc3-c3ccc4c5c(ccc4c32)-c2sc(C)cc2[Si]5(c2ccc(C)cc2)c2ccc(C)cc2)cc1. The molecule has 52 heavy (non-hydrogen) atoms. The van der Waals surface area contributed by atoms with Gasteiger partial charge in [0.05, 0.1) is 0 Å². The van der Waals surface area contributed by atoms with Gasteiger partial charge in [0.25, 0.3) is 0 Å². The number of hydrogen-bond donors (Lipinski definition) is 0. The maximum atomic E-state index is 2.54. The molecule has 2 aliphatic heterocycles. The quantitative estimate of drug-likeness (QED) is 0.164. The first kappa shape index (κ1) is 32.1. The normalized spacial score (nSPS) is 14.7. The molecule has 4 heterocycles. The molecule has 2 aliphatic rings. The number of fused-ring (bicyclic) bond motifs is 9. The van der Waals surface area contributed by atoms with Crippen molar-refractivity contribution in [2.24, 2.45) is 0 Å². The fourth-order valence-electron chi connectivity index (χ4n) is 9.59. The monoisotopic (exact) mass is 736 g/mol. The third-order valence-corrected chi connectivity index (χ3v) is 24.2. The van der Waals surface area contributed by atoms with E-state index in [2.05, 4.69) is 175 Å². The smallest absolute Gasteiger partial charge is 0.141 e. The summed E-state index contributed by atoms with van der Waals surface area (Å²) in [5.41, 5.74) is 8.11. The number of rotatable bonds is 4. The Labute approximate surface area is 317 Å². The summed E-state index contributed by atoms with van der Waals surface area (Å²) in [7, 11) is -5.42. The Kier molecular flexibility index (Phi) is 7.07. The van der Waals surface area contributed by atoms with Crippen LogP contribution in [-0.2, 0) is 0 Å². The summed E-state index contributed by atoms with van der Waals surface area (Å²) in [6, 6.07) is 53.5. The molecule has 252 valence electrons. The minimum atomic E-state index is -2.71. The second-order valence-electron chi connectivity index (χ2n) is 15.2. The highest BCUT2D eigenvalue weighted by Gasteiger charge is 2.54. The molecule has 0 unspecified atom stereocenters. The van der Waals surface area contributed by atoms with Crippen molar-refractivity contribution in [2.75, 3.05) is 0 Å². The van der Waals surface area contributed by atoms with Crippen molar-refractivity contribution in [3.8, 4) is 20.9 Å². The predicted molar refractivity (Wildman–Crippen MR) is 233 cm³/mol. The highest BCUT2D eigenvalue weighted by atomic mass is 32.1. The lowest BCUT2D eigenvalue weighted by atomic mass is 10.0. The summed E-state index contributed by atoms with van der Waals surface area (Å²) in [4.78, 5) is 5.73. The molecule has 4 heteroatoms. The number of benzene rings is 6. The maximum absolute atomic E-state index is 2.71. The number of aryl methyl sites for hydroxylation is 6. The zero-order chi connectivity index (χ0) is 35.5. The molecule has 0 atom stereocenters. The highest BCUT2D eigenvalue weighted by molar-refractivity contribution is 7.30. The molecule has 0 aliphatic carbocycles. The van der Waals surface area contributed by atoms with Gasteiger partial charge in [0.1, 0.15) is 0 Å². The molecular weight excluding hydrogens is 697 g/mol. The molecule has 0 fully saturated rings. The first-order chi connectivity index (χ1) is 25.2. The molecule has 2 aromatic heterocycles. The fourth-order valence-corrected chi connectivity index (χ4v) is 23.7. The third kappa shape index (κ3) is 4.24. The summed E-state index contributed by atoms with van der Waals surface area (Å²) < 4.78 is 0. The van der Waals surface area contributed by atoms with Gasteiger partial charge >= 0.3 is 0 Å². The van der Waals surface area contributed by atoms with E-state index in [1.807, 2.05) is 22.7 Å². The molecule has 0 radical (unpaired) electrons. The van der Waals surface area contributed by atoms with Crippen molar-refractivity contribution in [2.45, 2.75) is 41.5 Å². The van der Waals surface area contributed by atoms with Crippen LogP contribution >= 0.6 is 22.7 Å². The van der Waals surface area contributed by atoms with E-state index in [1.165, 1.54) is 84.4 Å². The summed E-state index contributed by atoms with van der Waals surface area (Å²) in [5, 5.41) is 15.0. The van der Waals surface area contributed by atoms with Crippen LogP contribution in [0.4, 0.5) is 0 Å². The minimum Gasteiger partial charge on any atom is -0.141 e. The lowest BCUT2D eigenvalue weighted by Crippen LogP contribution is -2.74. The Morgan fingerprint density at radius 2 is 0.635 bits per heavy atom. The second kappa shape index (κ2) is 11.5. The molecule has 6 aromatic carbocycles. The van der Waals surface area contributed by atoms with E-state index in [1.54, 1.807) is 20.7 Å². The molecule has 0 N–H and O–H groups in total. The Balaban J connectivity index is 1.39. The van der Waals surface area contributed by atoms with Gasteiger partial charge in [0, 0.05) is 19.5 Å².